The molecule has 20 heavy (non-hydrogen) atoms. The molecule has 114 valence electrons. The Kier molecular flexibility index (Phi) is 5.51. The third-order valence-electron chi connectivity index (χ3n) is 5.03. The molecule has 0 unspecified atom stereocenters. The molecule has 3 nitrogen and oxygen atoms in total. The van der Waals surface area contributed by atoms with Crippen molar-refractivity contribution < 1.29 is 4.74 Å². The lowest BCUT2D eigenvalue weighted by molar-refractivity contribution is 0.0234. The van der Waals surface area contributed by atoms with E-state index in [2.05, 4.69) is 15.9 Å². The van der Waals surface area contributed by atoms with Gasteiger partial charge in [0.05, 0.1) is 13.2 Å². The maximum atomic E-state index is 5.45. The second-order valence-electron chi connectivity index (χ2n) is 6.76. The van der Waals surface area contributed by atoms with Gasteiger partial charge in [0.25, 0.3) is 0 Å². The number of piperidine rings is 1. The van der Waals surface area contributed by atoms with Crippen molar-refractivity contribution >= 4 is 0 Å². The van der Waals surface area contributed by atoms with Gasteiger partial charge in [-0.3, -0.25) is 9.80 Å². The smallest absolute Gasteiger partial charge is 0.0594 e. The minimum atomic E-state index is 0.881. The topological polar surface area (TPSA) is 15.7 Å². The Morgan fingerprint density at radius 3 is 2.75 bits per heavy atom. The summed E-state index contributed by atoms with van der Waals surface area (Å²) in [4.78, 5) is 5.32. The van der Waals surface area contributed by atoms with E-state index in [4.69, 9.17) is 4.74 Å². The molecule has 2 fully saturated rings. The Hall–Kier alpha value is -0.380. The highest BCUT2D eigenvalue weighted by Crippen LogP contribution is 2.22. The Morgan fingerprint density at radius 2 is 1.95 bits per heavy atom. The van der Waals surface area contributed by atoms with E-state index in [-0.39, 0.29) is 0 Å². The second kappa shape index (κ2) is 7.58. The summed E-state index contributed by atoms with van der Waals surface area (Å²) < 4.78 is 5.45. The van der Waals surface area contributed by atoms with Crippen LogP contribution in [0.2, 0.25) is 0 Å². The summed E-state index contributed by atoms with van der Waals surface area (Å²) >= 11 is 0. The van der Waals surface area contributed by atoms with E-state index in [9.17, 15) is 0 Å². The van der Waals surface area contributed by atoms with Crippen molar-refractivity contribution in [1.29, 1.82) is 0 Å². The Morgan fingerprint density at radius 1 is 1.05 bits per heavy atom. The normalized spacial score (nSPS) is 30.2. The molecule has 0 amide bonds. The lowest BCUT2D eigenvalue weighted by Gasteiger charge is -2.37. The van der Waals surface area contributed by atoms with Gasteiger partial charge in [0.2, 0.25) is 0 Å². The summed E-state index contributed by atoms with van der Waals surface area (Å²) in [5.74, 6) is 0.881. The van der Waals surface area contributed by atoms with Crippen LogP contribution in [0.1, 0.15) is 38.5 Å². The number of rotatable bonds is 4. The highest BCUT2D eigenvalue weighted by molar-refractivity contribution is 5.07. The largest absolute Gasteiger partial charge is 0.379 e. The van der Waals surface area contributed by atoms with Gasteiger partial charge in [0, 0.05) is 32.7 Å². The van der Waals surface area contributed by atoms with E-state index in [1.54, 1.807) is 5.57 Å². The first-order chi connectivity index (χ1) is 9.90. The van der Waals surface area contributed by atoms with Crippen LogP contribution in [0.25, 0.3) is 0 Å². The zero-order chi connectivity index (χ0) is 13.6. The molecule has 0 N–H and O–H groups in total. The van der Waals surface area contributed by atoms with Gasteiger partial charge in [-0.25, -0.2) is 0 Å². The van der Waals surface area contributed by atoms with Crippen molar-refractivity contribution in [2.75, 3.05) is 52.5 Å². The fraction of sp³-hybridized carbons (Fsp3) is 0.882. The number of hydrogen-bond donors (Lipinski definition) is 0. The van der Waals surface area contributed by atoms with Crippen molar-refractivity contribution in [2.45, 2.75) is 38.5 Å². The van der Waals surface area contributed by atoms with Crippen LogP contribution in [-0.4, -0.2) is 62.3 Å². The van der Waals surface area contributed by atoms with Crippen molar-refractivity contribution in [1.82, 2.24) is 9.80 Å². The Balaban J connectivity index is 1.44. The van der Waals surface area contributed by atoms with Gasteiger partial charge in [0.1, 0.15) is 0 Å². The summed E-state index contributed by atoms with van der Waals surface area (Å²) in [6.45, 7) is 9.32. The fourth-order valence-electron chi connectivity index (χ4n) is 3.93. The molecular formula is C17H30N2O. The molecule has 3 heteroatoms. The molecule has 3 aliphatic rings. The summed E-state index contributed by atoms with van der Waals surface area (Å²) in [5, 5.41) is 0. The molecular weight excluding hydrogens is 248 g/mol. The number of ether oxygens (including phenoxy) is 1. The van der Waals surface area contributed by atoms with Crippen molar-refractivity contribution in [3.63, 3.8) is 0 Å². The standard InChI is InChI=1S/C17H30N2O/c1-2-5-16(6-3-1)13-19-8-4-7-17(15-19)14-18-9-11-20-12-10-18/h5,17H,1-4,6-15H2/t17-/m1/s1. The van der Waals surface area contributed by atoms with Gasteiger partial charge in [-0.2, -0.15) is 0 Å². The van der Waals surface area contributed by atoms with Crippen LogP contribution >= 0.6 is 0 Å². The van der Waals surface area contributed by atoms with Crippen LogP contribution in [-0.2, 0) is 4.74 Å². The summed E-state index contributed by atoms with van der Waals surface area (Å²) in [6.07, 6.45) is 10.8. The monoisotopic (exact) mass is 278 g/mol. The molecule has 0 spiro atoms. The number of nitrogens with zero attached hydrogens (tertiary/aromatic N) is 2. The molecule has 2 aliphatic heterocycles. The van der Waals surface area contributed by atoms with Crippen LogP contribution < -0.4 is 0 Å². The van der Waals surface area contributed by atoms with Gasteiger partial charge < -0.3 is 4.74 Å². The van der Waals surface area contributed by atoms with Crippen molar-refractivity contribution in [2.24, 2.45) is 5.92 Å². The Bertz CT molecular complexity index is 323. The molecule has 1 atom stereocenters. The molecule has 2 heterocycles. The number of hydrogen-bond acceptors (Lipinski definition) is 3. The van der Waals surface area contributed by atoms with Crippen molar-refractivity contribution in [3.05, 3.63) is 11.6 Å². The van der Waals surface area contributed by atoms with Gasteiger partial charge in [-0.05, 0) is 51.0 Å². The third kappa shape index (κ3) is 4.31. The van der Waals surface area contributed by atoms with E-state index in [1.807, 2.05) is 0 Å². The number of allylic oxidation sites excluding steroid dienone is 1. The zero-order valence-electron chi connectivity index (χ0n) is 12.9. The van der Waals surface area contributed by atoms with Crippen LogP contribution in [0.15, 0.2) is 11.6 Å². The molecule has 0 aromatic carbocycles. The zero-order valence-corrected chi connectivity index (χ0v) is 12.9. The lowest BCUT2D eigenvalue weighted by atomic mass is 9.94. The highest BCUT2D eigenvalue weighted by atomic mass is 16.5. The van der Waals surface area contributed by atoms with Crippen LogP contribution in [0.4, 0.5) is 0 Å². The van der Waals surface area contributed by atoms with Crippen LogP contribution in [0, 0.1) is 5.92 Å². The molecule has 1 aliphatic carbocycles. The molecule has 0 saturated carbocycles. The summed E-state index contributed by atoms with van der Waals surface area (Å²) in [6, 6.07) is 0. The quantitative estimate of drug-likeness (QED) is 0.735. The van der Waals surface area contributed by atoms with Gasteiger partial charge in [-0.15, -0.1) is 0 Å². The lowest BCUT2D eigenvalue weighted by Crippen LogP contribution is -2.44. The number of morpholine rings is 1. The fourth-order valence-corrected chi connectivity index (χ4v) is 3.93. The van der Waals surface area contributed by atoms with E-state index < -0.39 is 0 Å². The highest BCUT2D eigenvalue weighted by Gasteiger charge is 2.23. The van der Waals surface area contributed by atoms with Gasteiger partial charge in [-0.1, -0.05) is 11.6 Å². The van der Waals surface area contributed by atoms with Crippen molar-refractivity contribution in [3.8, 4) is 0 Å². The predicted molar refractivity (Wildman–Crippen MR) is 83.0 cm³/mol. The average Bonchev–Trinajstić information content (AvgIpc) is 2.50. The minimum absolute atomic E-state index is 0.881. The predicted octanol–water partition coefficient (Wildman–Crippen LogP) is 2.53. The first kappa shape index (κ1) is 14.6. The average molecular weight is 278 g/mol. The molecule has 0 radical (unpaired) electrons. The van der Waals surface area contributed by atoms with E-state index >= 15 is 0 Å². The Labute approximate surface area is 124 Å². The van der Waals surface area contributed by atoms with Crippen LogP contribution in [0.3, 0.4) is 0 Å². The third-order valence-corrected chi connectivity index (χ3v) is 5.03. The first-order valence-corrected chi connectivity index (χ1v) is 8.60. The first-order valence-electron chi connectivity index (χ1n) is 8.60. The van der Waals surface area contributed by atoms with Gasteiger partial charge >= 0.3 is 0 Å². The SMILES string of the molecule is C1=C(CN2CCC[C@H](CN3CCOCC3)C2)CCCC1. The molecule has 0 bridgehead atoms. The molecule has 3 rings (SSSR count). The van der Waals surface area contributed by atoms with Crippen LogP contribution in [0.5, 0.6) is 0 Å². The minimum Gasteiger partial charge on any atom is -0.379 e. The van der Waals surface area contributed by atoms with Gasteiger partial charge in [0.15, 0.2) is 0 Å². The van der Waals surface area contributed by atoms with E-state index in [0.29, 0.717) is 0 Å². The maximum absolute atomic E-state index is 5.45. The maximum Gasteiger partial charge on any atom is 0.0594 e. The molecule has 0 aromatic heterocycles. The second-order valence-corrected chi connectivity index (χ2v) is 6.76. The molecule has 0 aromatic rings. The number of likely N-dealkylation sites (tertiary alicyclic amines) is 1. The summed E-state index contributed by atoms with van der Waals surface area (Å²) in [7, 11) is 0. The van der Waals surface area contributed by atoms with E-state index in [0.717, 1.165) is 32.2 Å². The summed E-state index contributed by atoms with van der Waals surface area (Å²) in [5.41, 5.74) is 1.71. The molecule has 2 saturated heterocycles. The van der Waals surface area contributed by atoms with E-state index in [1.165, 1.54) is 64.7 Å².